The molecule has 3 rings (SSSR count). The monoisotopic (exact) mass is 301 g/mol. The molecule has 1 N–H and O–H groups in total. The average Bonchev–Trinajstić information content (AvgIpc) is 2.64. The van der Waals surface area contributed by atoms with Gasteiger partial charge in [-0.15, -0.1) is 0 Å². The van der Waals surface area contributed by atoms with Gasteiger partial charge in [-0.3, -0.25) is 0 Å². The maximum Gasteiger partial charge on any atom is 0.0576 e. The molecule has 1 nitrogen and oxygen atoms in total. The SMILES string of the molecule is c1ccc(CCCNC(c2ccccc2)c2ccccc2)cc1. The zero-order valence-corrected chi connectivity index (χ0v) is 13.4. The Kier molecular flexibility index (Phi) is 5.60. The molecule has 3 aromatic rings. The molecule has 0 fully saturated rings. The molecule has 0 aliphatic heterocycles. The van der Waals surface area contributed by atoms with Gasteiger partial charge < -0.3 is 5.32 Å². The maximum atomic E-state index is 3.72. The van der Waals surface area contributed by atoms with E-state index in [9.17, 15) is 0 Å². The van der Waals surface area contributed by atoms with Crippen molar-refractivity contribution in [1.29, 1.82) is 0 Å². The third kappa shape index (κ3) is 4.54. The van der Waals surface area contributed by atoms with Crippen molar-refractivity contribution < 1.29 is 0 Å². The lowest BCUT2D eigenvalue weighted by Gasteiger charge is -2.20. The van der Waals surface area contributed by atoms with Gasteiger partial charge in [-0.25, -0.2) is 0 Å². The van der Waals surface area contributed by atoms with Crippen molar-refractivity contribution >= 4 is 0 Å². The van der Waals surface area contributed by atoms with Crippen molar-refractivity contribution in [2.24, 2.45) is 0 Å². The molecule has 0 saturated heterocycles. The molecule has 0 aliphatic rings. The maximum absolute atomic E-state index is 3.72. The molecule has 0 atom stereocenters. The highest BCUT2D eigenvalue weighted by Gasteiger charge is 2.12. The first-order valence-electron chi connectivity index (χ1n) is 8.31. The number of hydrogen-bond donors (Lipinski definition) is 1. The second kappa shape index (κ2) is 8.30. The first kappa shape index (κ1) is 15.5. The summed E-state index contributed by atoms with van der Waals surface area (Å²) in [6, 6.07) is 32.3. The number of aryl methyl sites for hydroxylation is 1. The highest BCUT2D eigenvalue weighted by atomic mass is 14.9. The van der Waals surface area contributed by atoms with E-state index in [0.717, 1.165) is 19.4 Å². The summed E-state index contributed by atoms with van der Waals surface area (Å²) < 4.78 is 0. The van der Waals surface area contributed by atoms with Crippen molar-refractivity contribution in [2.45, 2.75) is 18.9 Å². The summed E-state index contributed by atoms with van der Waals surface area (Å²) in [7, 11) is 0. The molecule has 0 aromatic heterocycles. The Morgan fingerprint density at radius 1 is 0.609 bits per heavy atom. The lowest BCUT2D eigenvalue weighted by atomic mass is 9.98. The van der Waals surface area contributed by atoms with Crippen molar-refractivity contribution in [1.82, 2.24) is 5.32 Å². The summed E-state index contributed by atoms with van der Waals surface area (Å²) in [6.07, 6.45) is 2.25. The number of benzene rings is 3. The number of nitrogens with one attached hydrogen (secondary N) is 1. The van der Waals surface area contributed by atoms with Gasteiger partial charge in [-0.1, -0.05) is 91.0 Å². The van der Waals surface area contributed by atoms with Crippen LogP contribution in [0.1, 0.15) is 29.2 Å². The standard InChI is InChI=1S/C22H23N/c1-4-11-19(12-5-1)13-10-18-23-22(20-14-6-2-7-15-20)21-16-8-3-9-17-21/h1-9,11-12,14-17,22-23H,10,13,18H2. The quantitative estimate of drug-likeness (QED) is 0.606. The van der Waals surface area contributed by atoms with Crippen LogP contribution in [-0.4, -0.2) is 6.54 Å². The van der Waals surface area contributed by atoms with E-state index in [4.69, 9.17) is 0 Å². The summed E-state index contributed by atoms with van der Waals surface area (Å²) in [5.41, 5.74) is 4.04. The van der Waals surface area contributed by atoms with Crippen LogP contribution in [0.2, 0.25) is 0 Å². The van der Waals surface area contributed by atoms with Crippen LogP contribution >= 0.6 is 0 Å². The molecular formula is C22H23N. The Labute approximate surface area is 139 Å². The second-order valence-corrected chi connectivity index (χ2v) is 5.80. The van der Waals surface area contributed by atoms with Crippen molar-refractivity contribution in [3.8, 4) is 0 Å². The van der Waals surface area contributed by atoms with Crippen molar-refractivity contribution in [2.75, 3.05) is 6.54 Å². The van der Waals surface area contributed by atoms with Crippen LogP contribution in [0.5, 0.6) is 0 Å². The van der Waals surface area contributed by atoms with E-state index in [1.165, 1.54) is 16.7 Å². The van der Waals surface area contributed by atoms with Crippen LogP contribution in [0, 0.1) is 0 Å². The zero-order valence-electron chi connectivity index (χ0n) is 13.4. The fraction of sp³-hybridized carbons (Fsp3) is 0.182. The van der Waals surface area contributed by atoms with Crippen LogP contribution in [0.25, 0.3) is 0 Å². The lowest BCUT2D eigenvalue weighted by Crippen LogP contribution is -2.23. The van der Waals surface area contributed by atoms with Gasteiger partial charge in [-0.2, -0.15) is 0 Å². The summed E-state index contributed by atoms with van der Waals surface area (Å²) >= 11 is 0. The largest absolute Gasteiger partial charge is 0.306 e. The predicted molar refractivity (Wildman–Crippen MR) is 97.5 cm³/mol. The van der Waals surface area contributed by atoms with Gasteiger partial charge in [0.2, 0.25) is 0 Å². The first-order chi connectivity index (χ1) is 11.4. The fourth-order valence-corrected chi connectivity index (χ4v) is 2.90. The van der Waals surface area contributed by atoms with Gasteiger partial charge in [0.1, 0.15) is 0 Å². The molecule has 1 heteroatoms. The highest BCUT2D eigenvalue weighted by molar-refractivity contribution is 5.31. The third-order valence-electron chi connectivity index (χ3n) is 4.10. The number of hydrogen-bond acceptors (Lipinski definition) is 1. The lowest BCUT2D eigenvalue weighted by molar-refractivity contribution is 0.583. The molecule has 0 amide bonds. The van der Waals surface area contributed by atoms with Crippen LogP contribution in [0.15, 0.2) is 91.0 Å². The van der Waals surface area contributed by atoms with E-state index < -0.39 is 0 Å². The number of rotatable bonds is 7. The van der Waals surface area contributed by atoms with Crippen LogP contribution < -0.4 is 5.32 Å². The van der Waals surface area contributed by atoms with E-state index in [-0.39, 0.29) is 6.04 Å². The van der Waals surface area contributed by atoms with Gasteiger partial charge in [0.15, 0.2) is 0 Å². The van der Waals surface area contributed by atoms with E-state index in [2.05, 4.69) is 96.3 Å². The molecule has 0 spiro atoms. The Morgan fingerprint density at radius 2 is 1.09 bits per heavy atom. The predicted octanol–water partition coefficient (Wildman–Crippen LogP) is 5.00. The molecule has 0 bridgehead atoms. The van der Waals surface area contributed by atoms with Crippen molar-refractivity contribution in [3.05, 3.63) is 108 Å². The average molecular weight is 301 g/mol. The van der Waals surface area contributed by atoms with Crippen LogP contribution in [0.4, 0.5) is 0 Å². The minimum atomic E-state index is 0.258. The fourth-order valence-electron chi connectivity index (χ4n) is 2.90. The van der Waals surface area contributed by atoms with Gasteiger partial charge in [0.05, 0.1) is 6.04 Å². The molecule has 0 unspecified atom stereocenters. The molecule has 0 aliphatic carbocycles. The third-order valence-corrected chi connectivity index (χ3v) is 4.10. The minimum Gasteiger partial charge on any atom is -0.306 e. The van der Waals surface area contributed by atoms with Crippen LogP contribution in [0.3, 0.4) is 0 Å². The Balaban J connectivity index is 1.63. The van der Waals surface area contributed by atoms with E-state index in [0.29, 0.717) is 0 Å². The van der Waals surface area contributed by atoms with Gasteiger partial charge in [0, 0.05) is 0 Å². The topological polar surface area (TPSA) is 12.0 Å². The van der Waals surface area contributed by atoms with E-state index in [1.807, 2.05) is 0 Å². The highest BCUT2D eigenvalue weighted by Crippen LogP contribution is 2.21. The summed E-state index contributed by atoms with van der Waals surface area (Å²) in [5.74, 6) is 0. The zero-order chi connectivity index (χ0) is 15.7. The van der Waals surface area contributed by atoms with Gasteiger partial charge in [0.25, 0.3) is 0 Å². The molecular weight excluding hydrogens is 278 g/mol. The summed E-state index contributed by atoms with van der Waals surface area (Å²) in [4.78, 5) is 0. The van der Waals surface area contributed by atoms with Crippen molar-refractivity contribution in [3.63, 3.8) is 0 Å². The Morgan fingerprint density at radius 3 is 1.61 bits per heavy atom. The van der Waals surface area contributed by atoms with Crippen LogP contribution in [-0.2, 0) is 6.42 Å². The molecule has 3 aromatic carbocycles. The molecule has 116 valence electrons. The molecule has 0 heterocycles. The normalized spacial score (nSPS) is 10.8. The molecule has 0 radical (unpaired) electrons. The first-order valence-corrected chi connectivity index (χ1v) is 8.31. The summed E-state index contributed by atoms with van der Waals surface area (Å²) in [6.45, 7) is 1.00. The molecule has 0 saturated carbocycles. The molecule has 23 heavy (non-hydrogen) atoms. The Hall–Kier alpha value is -2.38. The Bertz CT molecular complexity index is 637. The summed E-state index contributed by atoms with van der Waals surface area (Å²) in [5, 5.41) is 3.72. The minimum absolute atomic E-state index is 0.258. The van der Waals surface area contributed by atoms with E-state index >= 15 is 0 Å². The second-order valence-electron chi connectivity index (χ2n) is 5.80. The smallest absolute Gasteiger partial charge is 0.0576 e. The van der Waals surface area contributed by atoms with E-state index in [1.54, 1.807) is 0 Å². The van der Waals surface area contributed by atoms with Gasteiger partial charge in [-0.05, 0) is 36.1 Å². The van der Waals surface area contributed by atoms with Gasteiger partial charge >= 0.3 is 0 Å².